The molecule has 0 bridgehead atoms. The first kappa shape index (κ1) is 61.3. The summed E-state index contributed by atoms with van der Waals surface area (Å²) in [7, 11) is 0. The topological polar surface area (TPSA) is 6.48 Å². The van der Waals surface area contributed by atoms with Crippen molar-refractivity contribution >= 4 is 34.1 Å². The number of alkyl halides is 26. The quantitative estimate of drug-likeness (QED) is 0.113. The molecule has 0 atom stereocenters. The summed E-state index contributed by atoms with van der Waals surface area (Å²) in [6.07, 6.45) is -35.6. The second-order valence-corrected chi connectivity index (χ2v) is 18.1. The smallest absolute Gasteiger partial charge is 0.310 e. The van der Waals surface area contributed by atoms with Crippen LogP contribution in [0.15, 0.2) is 121 Å². The third-order valence-electron chi connectivity index (χ3n) is 12.0. The van der Waals surface area contributed by atoms with Gasteiger partial charge in [-0.25, -0.2) is 35.1 Å². The summed E-state index contributed by atoms with van der Waals surface area (Å²) in [4.78, 5) is 0.179. The molecule has 0 aliphatic rings. The van der Waals surface area contributed by atoms with Crippen molar-refractivity contribution in [2.75, 3.05) is 9.80 Å². The number of nitrogens with zero attached hydrogens (tertiary/aromatic N) is 2. The highest BCUT2D eigenvalue weighted by molar-refractivity contribution is 5.80. The van der Waals surface area contributed by atoms with Gasteiger partial charge in [0, 0.05) is 84.1 Å². The lowest BCUT2D eigenvalue weighted by Crippen LogP contribution is -2.54. The molecule has 6 aromatic carbocycles. The number of benzene rings is 6. The van der Waals surface area contributed by atoms with Crippen molar-refractivity contribution in [3.63, 3.8) is 0 Å². The number of hydrogen-bond donors (Lipinski definition) is 0. The van der Waals surface area contributed by atoms with Gasteiger partial charge in [-0.05, 0) is 108 Å². The van der Waals surface area contributed by atoms with Crippen LogP contribution in [0.25, 0.3) is 0 Å². The average molecular weight is 1170 g/mol. The lowest BCUT2D eigenvalue weighted by atomic mass is 9.72. The zero-order valence-electron chi connectivity index (χ0n) is 39.8. The summed E-state index contributed by atoms with van der Waals surface area (Å²) in [6, 6.07) is 0.592. The lowest BCUT2D eigenvalue weighted by molar-refractivity contribution is -0.288. The van der Waals surface area contributed by atoms with Crippen molar-refractivity contribution in [2.24, 2.45) is 0 Å². The highest BCUT2D eigenvalue weighted by Crippen LogP contribution is 2.58. The van der Waals surface area contributed by atoms with Crippen molar-refractivity contribution in [3.8, 4) is 0 Å². The lowest BCUT2D eigenvalue weighted by Gasteiger charge is -2.39. The van der Waals surface area contributed by atoms with Crippen LogP contribution in [0.3, 0.4) is 0 Å². The Hall–Kier alpha value is -6.90. The highest BCUT2D eigenvalue weighted by Gasteiger charge is 2.72. The van der Waals surface area contributed by atoms with E-state index in [1.165, 1.54) is 0 Å². The number of rotatable bonds is 12. The minimum Gasteiger partial charge on any atom is -0.310 e. The summed E-state index contributed by atoms with van der Waals surface area (Å²) in [5, 5.41) is 0. The first-order valence-corrected chi connectivity index (χ1v) is 21.8. The van der Waals surface area contributed by atoms with E-state index >= 15 is 26.3 Å². The fourth-order valence-electron chi connectivity index (χ4n) is 8.23. The Balaban J connectivity index is 1.67. The van der Waals surface area contributed by atoms with Gasteiger partial charge in [0.25, 0.3) is 23.7 Å². The van der Waals surface area contributed by atoms with E-state index in [4.69, 9.17) is 0 Å². The maximum atomic E-state index is 15.6. The van der Waals surface area contributed by atoms with E-state index in [1.54, 1.807) is 0 Å². The van der Waals surface area contributed by atoms with Crippen LogP contribution >= 0.6 is 0 Å². The van der Waals surface area contributed by atoms with Gasteiger partial charge in [-0.15, -0.1) is 0 Å². The Morgan fingerprint density at radius 3 is 0.544 bits per heavy atom. The standard InChI is InChI=1S/C51H32F26N2/c1-41(52,53)27-13-31(46(60,61)62)21-37(17-27)78(38-18-28(42(2,54)55)14-32(22-38)47(63,64)65)35-9-5-25(6-10-35)45(50(72,73)74,51(75,76)77)26-7-11-36(12-8-26)79(39-19-29(43(3,56)57)15-33(23-39)48(66,67)68)40-20-30(44(4,58)59)16-34(24-40)49(69,70)71/h5-24H,1-4H3. The van der Waals surface area contributed by atoms with E-state index in [1.807, 2.05) is 0 Å². The molecule has 0 radical (unpaired) electrons. The van der Waals surface area contributed by atoms with Gasteiger partial charge in [0.2, 0.25) is 5.41 Å². The predicted octanol–water partition coefficient (Wildman–Crippen LogP) is 20.6. The summed E-state index contributed by atoms with van der Waals surface area (Å²) in [5.41, 5.74) is -30.6. The second-order valence-electron chi connectivity index (χ2n) is 18.1. The monoisotopic (exact) mass is 1170 g/mol. The molecule has 28 heteroatoms. The SMILES string of the molecule is CC(F)(F)c1cc(N(c2ccc(C(c3ccc(N(c4cc(C(C)(F)F)cc(C(F)(F)F)c4)c4cc(C(C)(F)F)cc(C(F)(F)F)c4)cc3)(C(F)(F)F)C(F)(F)F)cc2)c2cc(C(C)(F)F)cc(C(F)(F)F)c2)cc(C(F)(F)F)c1. The summed E-state index contributed by atoms with van der Waals surface area (Å²) < 4.78 is 383. The minimum absolute atomic E-state index is 0.0182. The molecule has 2 nitrogen and oxygen atoms in total. The molecule has 0 aliphatic carbocycles. The van der Waals surface area contributed by atoms with Crippen molar-refractivity contribution in [1.29, 1.82) is 0 Å². The molecule has 0 heterocycles. The van der Waals surface area contributed by atoms with Gasteiger partial charge in [0.1, 0.15) is 0 Å². The number of halogens is 26. The molecular formula is C51H32F26N2. The van der Waals surface area contributed by atoms with Crippen molar-refractivity contribution in [3.05, 3.63) is 177 Å². The van der Waals surface area contributed by atoms with Crippen LogP contribution in [-0.2, 0) is 53.8 Å². The molecule has 0 aliphatic heterocycles. The van der Waals surface area contributed by atoms with Gasteiger partial charge in [-0.1, -0.05) is 24.3 Å². The van der Waals surface area contributed by atoms with Crippen LogP contribution in [0.4, 0.5) is 148 Å². The van der Waals surface area contributed by atoms with Gasteiger partial charge in [0.05, 0.1) is 22.3 Å². The molecule has 0 saturated heterocycles. The molecule has 0 amide bonds. The third kappa shape index (κ3) is 12.8. The Labute approximate surface area is 428 Å². The predicted molar refractivity (Wildman–Crippen MR) is 233 cm³/mol. The zero-order valence-corrected chi connectivity index (χ0v) is 39.8. The van der Waals surface area contributed by atoms with Crippen LogP contribution in [0.5, 0.6) is 0 Å². The summed E-state index contributed by atoms with van der Waals surface area (Å²) in [6.45, 7) is 0.194. The van der Waals surface area contributed by atoms with E-state index in [-0.39, 0.29) is 159 Å². The Bertz CT molecular complexity index is 2680. The Kier molecular flexibility index (Phi) is 15.3. The van der Waals surface area contributed by atoms with Gasteiger partial charge in [-0.2, -0.15) is 79.0 Å². The molecule has 79 heavy (non-hydrogen) atoms. The Morgan fingerprint density at radius 1 is 0.215 bits per heavy atom. The molecule has 0 spiro atoms. The van der Waals surface area contributed by atoms with E-state index in [9.17, 15) is 87.8 Å². The van der Waals surface area contributed by atoms with Crippen molar-refractivity contribution < 1.29 is 114 Å². The molecule has 428 valence electrons. The van der Waals surface area contributed by atoms with E-state index in [0.29, 0.717) is 0 Å². The first-order chi connectivity index (χ1) is 35.5. The van der Waals surface area contributed by atoms with E-state index in [0.717, 1.165) is 0 Å². The van der Waals surface area contributed by atoms with Gasteiger partial charge >= 0.3 is 37.1 Å². The van der Waals surface area contributed by atoms with E-state index in [2.05, 4.69) is 0 Å². The van der Waals surface area contributed by atoms with Crippen LogP contribution in [0.2, 0.25) is 0 Å². The first-order valence-electron chi connectivity index (χ1n) is 21.8. The number of hydrogen-bond acceptors (Lipinski definition) is 2. The largest absolute Gasteiger partial charge is 0.416 e. The van der Waals surface area contributed by atoms with Gasteiger partial charge in [0.15, 0.2) is 0 Å². The molecule has 6 rings (SSSR count). The van der Waals surface area contributed by atoms with Gasteiger partial charge in [-0.3, -0.25) is 0 Å². The van der Waals surface area contributed by atoms with E-state index < -0.39 is 156 Å². The highest BCUT2D eigenvalue weighted by atomic mass is 19.4. The summed E-state index contributed by atoms with van der Waals surface area (Å²) in [5.74, 6) is -17.0. The van der Waals surface area contributed by atoms with Crippen molar-refractivity contribution in [1.82, 2.24) is 0 Å². The normalized spacial score (nSPS) is 13.9. The second kappa shape index (κ2) is 19.7. The van der Waals surface area contributed by atoms with Crippen LogP contribution < -0.4 is 9.80 Å². The number of anilines is 6. The van der Waals surface area contributed by atoms with Crippen LogP contribution in [-0.4, -0.2) is 12.4 Å². The molecule has 0 N–H and O–H groups in total. The zero-order chi connectivity index (χ0) is 60.0. The van der Waals surface area contributed by atoms with Crippen LogP contribution in [0, 0.1) is 0 Å². The molecule has 6 aromatic rings. The van der Waals surface area contributed by atoms with Crippen molar-refractivity contribution in [2.45, 2.75) is 93.9 Å². The average Bonchev–Trinajstić information content (AvgIpc) is 3.31. The maximum absolute atomic E-state index is 15.6. The Morgan fingerprint density at radius 2 is 0.392 bits per heavy atom. The molecular weight excluding hydrogens is 1130 g/mol. The van der Waals surface area contributed by atoms with Gasteiger partial charge < -0.3 is 9.80 Å². The molecule has 0 aromatic heterocycles. The maximum Gasteiger partial charge on any atom is 0.416 e. The minimum atomic E-state index is -6.65. The fourth-order valence-corrected chi connectivity index (χ4v) is 8.23. The molecule has 0 fully saturated rings. The summed E-state index contributed by atoms with van der Waals surface area (Å²) >= 11 is 0. The molecule has 0 unspecified atom stereocenters. The van der Waals surface area contributed by atoms with Crippen LogP contribution in [0.1, 0.15) is 83.3 Å². The third-order valence-corrected chi connectivity index (χ3v) is 12.0. The fraction of sp³-hybridized carbons (Fsp3) is 0.294. The molecule has 0 saturated carbocycles.